The van der Waals surface area contributed by atoms with E-state index < -0.39 is 0 Å². The molecule has 3 rings (SSSR count). The number of hydrogen-bond donors (Lipinski definition) is 2. The molecule has 1 fully saturated rings. The summed E-state index contributed by atoms with van der Waals surface area (Å²) in [6.07, 6.45) is 3.77. The van der Waals surface area contributed by atoms with Crippen molar-refractivity contribution in [2.24, 2.45) is 11.7 Å². The quantitative estimate of drug-likeness (QED) is 0.672. The van der Waals surface area contributed by atoms with Gasteiger partial charge in [0.1, 0.15) is 17.1 Å². The smallest absolute Gasteiger partial charge is 0.256 e. The van der Waals surface area contributed by atoms with Crippen LogP contribution in [-0.4, -0.2) is 23.5 Å². The molecule has 0 aliphatic heterocycles. The molecule has 1 aromatic carbocycles. The summed E-state index contributed by atoms with van der Waals surface area (Å²) in [5.41, 5.74) is 6.30. The number of nitrogens with one attached hydrogen (secondary N) is 1. The summed E-state index contributed by atoms with van der Waals surface area (Å²) < 4.78 is 19.3. The second-order valence-corrected chi connectivity index (χ2v) is 6.60. The van der Waals surface area contributed by atoms with Crippen molar-refractivity contribution < 1.29 is 13.9 Å². The zero-order valence-electron chi connectivity index (χ0n) is 13.7. The average molecular weight is 467 g/mol. The van der Waals surface area contributed by atoms with Gasteiger partial charge in [-0.2, -0.15) is 0 Å². The zero-order valence-corrected chi connectivity index (χ0v) is 16.9. The molecule has 1 atom stereocenters. The molecule has 1 aromatic heterocycles. The van der Waals surface area contributed by atoms with Crippen LogP contribution in [0.5, 0.6) is 11.6 Å². The van der Waals surface area contributed by atoms with E-state index in [4.69, 9.17) is 10.5 Å². The molecule has 0 bridgehead atoms. The minimum atomic E-state index is -0.387. The Bertz CT molecular complexity index is 763. The maximum absolute atomic E-state index is 13.2. The van der Waals surface area contributed by atoms with Crippen molar-refractivity contribution in [3.05, 3.63) is 52.4 Å². The maximum Gasteiger partial charge on any atom is 0.256 e. The average Bonchev–Trinajstić information content (AvgIpc) is 3.40. The first-order chi connectivity index (χ1) is 11.5. The van der Waals surface area contributed by atoms with Crippen molar-refractivity contribution in [2.75, 3.05) is 6.54 Å². The Kier molecular flexibility index (Phi) is 8.76. The highest BCUT2D eigenvalue weighted by Crippen LogP contribution is 2.32. The van der Waals surface area contributed by atoms with E-state index in [-0.39, 0.29) is 48.5 Å². The summed E-state index contributed by atoms with van der Waals surface area (Å²) in [6.45, 7) is 0.415. The van der Waals surface area contributed by atoms with Gasteiger partial charge in [-0.05, 0) is 65.0 Å². The van der Waals surface area contributed by atoms with Gasteiger partial charge in [-0.25, -0.2) is 9.37 Å². The van der Waals surface area contributed by atoms with Crippen molar-refractivity contribution in [1.82, 2.24) is 10.3 Å². The van der Waals surface area contributed by atoms with E-state index in [9.17, 15) is 9.18 Å². The van der Waals surface area contributed by atoms with Crippen molar-refractivity contribution in [1.29, 1.82) is 0 Å². The lowest BCUT2D eigenvalue weighted by molar-refractivity contribution is 0.0947. The molecule has 1 aliphatic carbocycles. The minimum Gasteiger partial charge on any atom is -0.437 e. The van der Waals surface area contributed by atoms with Gasteiger partial charge in [0.05, 0.1) is 4.47 Å². The molecule has 1 amide bonds. The molecule has 2 aromatic rings. The van der Waals surface area contributed by atoms with Crippen molar-refractivity contribution in [3.63, 3.8) is 0 Å². The Balaban J connectivity index is 0.00000169. The highest BCUT2D eigenvalue weighted by atomic mass is 79.9. The second kappa shape index (κ2) is 10.1. The van der Waals surface area contributed by atoms with Crippen LogP contribution < -0.4 is 15.8 Å². The molecule has 1 saturated carbocycles. The summed E-state index contributed by atoms with van der Waals surface area (Å²) in [5, 5.41) is 2.81. The van der Waals surface area contributed by atoms with Crippen LogP contribution in [0.2, 0.25) is 0 Å². The topological polar surface area (TPSA) is 77.2 Å². The fraction of sp³-hybridized carbons (Fsp3) is 0.294. The molecule has 9 heteroatoms. The fourth-order valence-corrected chi connectivity index (χ4v) is 2.74. The highest BCUT2D eigenvalue weighted by molar-refractivity contribution is 9.10. The van der Waals surface area contributed by atoms with E-state index in [1.165, 1.54) is 24.4 Å². The van der Waals surface area contributed by atoms with Gasteiger partial charge in [-0.15, -0.1) is 24.8 Å². The third kappa shape index (κ3) is 5.81. The summed E-state index contributed by atoms with van der Waals surface area (Å²) in [7, 11) is 0. The van der Waals surface area contributed by atoms with Gasteiger partial charge in [0.25, 0.3) is 5.91 Å². The summed E-state index contributed by atoms with van der Waals surface area (Å²) in [6, 6.07) is 7.28. The van der Waals surface area contributed by atoms with Gasteiger partial charge in [0.2, 0.25) is 5.88 Å². The lowest BCUT2D eigenvalue weighted by Crippen LogP contribution is -2.38. The molecule has 1 unspecified atom stereocenters. The van der Waals surface area contributed by atoms with Crippen LogP contribution in [0.3, 0.4) is 0 Å². The molecule has 1 aliphatic rings. The normalized spacial score (nSPS) is 13.8. The standard InChI is InChI=1S/C17H17BrFN3O2.2ClH/c18-13-8-11(19)5-6-15(13)24-17-12(2-1-7-21-17)16(23)22-9-14(20)10-3-4-10;;/h1-2,5-8,10,14H,3-4,9,20H2,(H,22,23);2*1H. The molecule has 142 valence electrons. The number of rotatable bonds is 6. The number of nitrogens with zero attached hydrogens (tertiary/aromatic N) is 1. The molecule has 26 heavy (non-hydrogen) atoms. The van der Waals surface area contributed by atoms with E-state index in [0.29, 0.717) is 28.2 Å². The van der Waals surface area contributed by atoms with E-state index in [1.807, 2.05) is 0 Å². The summed E-state index contributed by atoms with van der Waals surface area (Å²) in [4.78, 5) is 16.5. The summed E-state index contributed by atoms with van der Waals surface area (Å²) >= 11 is 3.23. The Morgan fingerprint density at radius 1 is 1.38 bits per heavy atom. The number of halogens is 4. The first kappa shape index (κ1) is 22.6. The number of nitrogens with two attached hydrogens (primary N) is 1. The molecule has 0 spiro atoms. The molecule has 1 heterocycles. The van der Waals surface area contributed by atoms with Crippen molar-refractivity contribution in [3.8, 4) is 11.6 Å². The Morgan fingerprint density at radius 3 is 2.77 bits per heavy atom. The molecule has 5 nitrogen and oxygen atoms in total. The third-order valence-corrected chi connectivity index (χ3v) is 4.46. The van der Waals surface area contributed by atoms with Gasteiger partial charge in [0.15, 0.2) is 0 Å². The van der Waals surface area contributed by atoms with Crippen molar-refractivity contribution in [2.45, 2.75) is 18.9 Å². The summed E-state index contributed by atoms with van der Waals surface area (Å²) in [5.74, 6) is 0.348. The third-order valence-electron chi connectivity index (χ3n) is 3.84. The zero-order chi connectivity index (χ0) is 17.1. The van der Waals surface area contributed by atoms with Crippen LogP contribution in [0.4, 0.5) is 4.39 Å². The van der Waals surface area contributed by atoms with Crippen LogP contribution >= 0.6 is 40.7 Å². The predicted octanol–water partition coefficient (Wildman–Crippen LogP) is 4.09. The molecule has 3 N–H and O–H groups in total. The number of carbonyl (C=O) groups excluding carboxylic acids is 1. The SMILES string of the molecule is Cl.Cl.NC(CNC(=O)c1cccnc1Oc1ccc(F)cc1Br)C1CC1. The highest BCUT2D eigenvalue weighted by Gasteiger charge is 2.28. The fourth-order valence-electron chi connectivity index (χ4n) is 2.30. The maximum atomic E-state index is 13.2. The lowest BCUT2D eigenvalue weighted by atomic mass is 10.2. The second-order valence-electron chi connectivity index (χ2n) is 5.74. The Labute approximate surface area is 171 Å². The van der Waals surface area contributed by atoms with Gasteiger partial charge >= 0.3 is 0 Å². The lowest BCUT2D eigenvalue weighted by Gasteiger charge is -2.14. The molecular weight excluding hydrogens is 448 g/mol. The number of amides is 1. The minimum absolute atomic E-state index is 0. The van der Waals surface area contributed by atoms with Crippen LogP contribution in [0.15, 0.2) is 41.0 Å². The molecule has 0 radical (unpaired) electrons. The number of aromatic nitrogens is 1. The Morgan fingerprint density at radius 2 is 2.12 bits per heavy atom. The van der Waals surface area contributed by atoms with Gasteiger partial charge in [-0.1, -0.05) is 0 Å². The Hall–Kier alpha value is -1.41. The number of pyridine rings is 1. The number of benzene rings is 1. The first-order valence-corrected chi connectivity index (χ1v) is 8.45. The van der Waals surface area contributed by atoms with Gasteiger partial charge in [0, 0.05) is 18.8 Å². The van der Waals surface area contributed by atoms with Crippen LogP contribution in [0.1, 0.15) is 23.2 Å². The van der Waals surface area contributed by atoms with E-state index >= 15 is 0 Å². The van der Waals surface area contributed by atoms with E-state index in [1.54, 1.807) is 12.1 Å². The number of carbonyl (C=O) groups is 1. The predicted molar refractivity (Wildman–Crippen MR) is 106 cm³/mol. The molecule has 0 saturated heterocycles. The van der Waals surface area contributed by atoms with E-state index in [0.717, 1.165) is 12.8 Å². The van der Waals surface area contributed by atoms with Crippen LogP contribution in [0.25, 0.3) is 0 Å². The number of hydrogen-bond acceptors (Lipinski definition) is 4. The first-order valence-electron chi connectivity index (χ1n) is 7.66. The monoisotopic (exact) mass is 465 g/mol. The van der Waals surface area contributed by atoms with Gasteiger partial charge in [-0.3, -0.25) is 4.79 Å². The van der Waals surface area contributed by atoms with Crippen LogP contribution in [0, 0.1) is 11.7 Å². The van der Waals surface area contributed by atoms with E-state index in [2.05, 4.69) is 26.2 Å². The molecular formula is C17H19BrCl2FN3O2. The van der Waals surface area contributed by atoms with Crippen LogP contribution in [-0.2, 0) is 0 Å². The van der Waals surface area contributed by atoms with Crippen molar-refractivity contribution >= 4 is 46.7 Å². The van der Waals surface area contributed by atoms with Gasteiger partial charge < -0.3 is 15.8 Å². The largest absolute Gasteiger partial charge is 0.437 e. The number of ether oxygens (including phenoxy) is 1.